The van der Waals surface area contributed by atoms with E-state index in [0.717, 1.165) is 15.6 Å². The van der Waals surface area contributed by atoms with Gasteiger partial charge in [-0.2, -0.15) is 0 Å². The van der Waals surface area contributed by atoms with Crippen molar-refractivity contribution >= 4 is 44.7 Å². The molecule has 5 heteroatoms. The molecule has 0 heterocycles. The Bertz CT molecular complexity index is 668. The minimum absolute atomic E-state index is 0.141. The van der Waals surface area contributed by atoms with E-state index in [0.29, 0.717) is 16.2 Å². The first kappa shape index (κ1) is 14.7. The van der Waals surface area contributed by atoms with E-state index in [1.54, 1.807) is 30.3 Å². The van der Waals surface area contributed by atoms with Gasteiger partial charge in [-0.1, -0.05) is 28.1 Å². The zero-order chi connectivity index (χ0) is 14.7. The molecule has 0 bridgehead atoms. The van der Waals surface area contributed by atoms with Crippen molar-refractivity contribution < 1.29 is 4.79 Å². The number of nitrogens with two attached hydrogens (primary N) is 1. The quantitative estimate of drug-likeness (QED) is 0.832. The Hall–Kier alpha value is -1.72. The maximum Gasteiger partial charge on any atom is 0.255 e. The third-order valence-corrected chi connectivity index (χ3v) is 3.59. The van der Waals surface area contributed by atoms with Crippen molar-refractivity contribution in [1.29, 1.82) is 0 Å². The van der Waals surface area contributed by atoms with Crippen LogP contribution in [0.5, 0.6) is 0 Å². The second kappa shape index (κ2) is 6.15. The van der Waals surface area contributed by atoms with Gasteiger partial charge in [0.25, 0.3) is 5.91 Å². The lowest BCUT2D eigenvalue weighted by Gasteiger charge is -2.08. The third-order valence-electron chi connectivity index (χ3n) is 2.86. The Balaban J connectivity index is 2.17. The molecule has 0 aliphatic carbocycles. The molecule has 2 aromatic rings. The number of carbonyl (C=O) groups is 1. The van der Waals surface area contributed by atoms with E-state index in [1.165, 1.54) is 0 Å². The van der Waals surface area contributed by atoms with E-state index in [-0.39, 0.29) is 5.91 Å². The van der Waals surface area contributed by atoms with E-state index in [2.05, 4.69) is 21.2 Å². The molecule has 0 radical (unpaired) electrons. The van der Waals surface area contributed by atoms with Crippen molar-refractivity contribution in [3.05, 3.63) is 63.6 Å². The van der Waals surface area contributed by atoms with Gasteiger partial charge in [-0.15, -0.1) is 0 Å². The highest BCUT2D eigenvalue weighted by molar-refractivity contribution is 9.10. The summed E-state index contributed by atoms with van der Waals surface area (Å²) in [6.45, 7) is 1.90. The van der Waals surface area contributed by atoms with Gasteiger partial charge in [0, 0.05) is 21.3 Å². The summed E-state index contributed by atoms with van der Waals surface area (Å²) in [6.07, 6.45) is 0. The summed E-state index contributed by atoms with van der Waals surface area (Å²) >= 11 is 8.26. The van der Waals surface area contributed by atoms with Gasteiger partial charge in [-0.05, 0) is 55.0 Å². The van der Waals surface area contributed by atoms with Crippen LogP contribution in [0.1, 0.15) is 21.5 Å². The zero-order valence-electron chi connectivity index (χ0n) is 10.8. The Morgan fingerprint density at radius 3 is 2.40 bits per heavy atom. The fraction of sp³-hybridized carbons (Fsp3) is 0.0667. The number of nitrogens with one attached hydrogen (secondary N) is 1. The molecule has 2 aromatic carbocycles. The van der Waals surface area contributed by atoms with Crippen LogP contribution in [0.3, 0.4) is 0 Å². The van der Waals surface area contributed by atoms with Crippen molar-refractivity contribution in [2.24, 2.45) is 5.73 Å². The fourth-order valence-electron chi connectivity index (χ4n) is 1.80. The summed E-state index contributed by atoms with van der Waals surface area (Å²) in [5.41, 5.74) is 8.57. The number of amides is 1. The highest BCUT2D eigenvalue weighted by Gasteiger charge is 2.09. The van der Waals surface area contributed by atoms with E-state index in [4.69, 9.17) is 18.0 Å². The van der Waals surface area contributed by atoms with E-state index < -0.39 is 0 Å². The van der Waals surface area contributed by atoms with Gasteiger partial charge < -0.3 is 11.1 Å². The molecule has 0 atom stereocenters. The molecule has 0 saturated carbocycles. The first-order valence-electron chi connectivity index (χ1n) is 5.95. The minimum Gasteiger partial charge on any atom is -0.389 e. The number of aryl methyl sites for hydroxylation is 1. The van der Waals surface area contributed by atoms with E-state index in [9.17, 15) is 4.79 Å². The summed E-state index contributed by atoms with van der Waals surface area (Å²) in [6, 6.07) is 12.7. The van der Waals surface area contributed by atoms with Gasteiger partial charge in [0.05, 0.1) is 0 Å². The van der Waals surface area contributed by atoms with Crippen LogP contribution in [0.2, 0.25) is 0 Å². The lowest BCUT2D eigenvalue weighted by molar-refractivity contribution is 0.102. The molecule has 0 aromatic heterocycles. The van der Waals surface area contributed by atoms with Crippen LogP contribution in [-0.2, 0) is 0 Å². The molecule has 0 unspecified atom stereocenters. The van der Waals surface area contributed by atoms with Crippen LogP contribution in [0.25, 0.3) is 0 Å². The van der Waals surface area contributed by atoms with Gasteiger partial charge in [-0.3, -0.25) is 4.79 Å². The predicted molar refractivity (Wildman–Crippen MR) is 89.2 cm³/mol. The lowest BCUT2D eigenvalue weighted by atomic mass is 10.1. The van der Waals surface area contributed by atoms with Crippen molar-refractivity contribution in [2.75, 3.05) is 5.32 Å². The summed E-state index contributed by atoms with van der Waals surface area (Å²) in [5.74, 6) is -0.141. The van der Waals surface area contributed by atoms with Crippen LogP contribution in [0.4, 0.5) is 5.69 Å². The van der Waals surface area contributed by atoms with Crippen LogP contribution in [-0.4, -0.2) is 10.9 Å². The van der Waals surface area contributed by atoms with Gasteiger partial charge in [0.15, 0.2) is 0 Å². The number of thiocarbonyl (C=S) groups is 1. The van der Waals surface area contributed by atoms with Gasteiger partial charge in [0.2, 0.25) is 0 Å². The highest BCUT2D eigenvalue weighted by Crippen LogP contribution is 2.18. The molecule has 3 nitrogen and oxygen atoms in total. The Morgan fingerprint density at radius 1 is 1.20 bits per heavy atom. The normalized spacial score (nSPS) is 10.1. The molecule has 0 saturated heterocycles. The van der Waals surface area contributed by atoms with Crippen LogP contribution in [0.15, 0.2) is 46.9 Å². The number of halogens is 1. The standard InChI is InChI=1S/C15H13BrN2OS/c1-9-8-11(16)4-7-13(9)15(19)18-12-5-2-10(3-6-12)14(17)20/h2-8H,1H3,(H2,17,20)(H,18,19). The summed E-state index contributed by atoms with van der Waals surface area (Å²) in [5, 5.41) is 2.85. The third kappa shape index (κ3) is 3.43. The molecule has 0 aliphatic rings. The topological polar surface area (TPSA) is 55.1 Å². The number of hydrogen-bond acceptors (Lipinski definition) is 2. The van der Waals surface area contributed by atoms with Crippen molar-refractivity contribution in [3.8, 4) is 0 Å². The molecule has 0 spiro atoms. The van der Waals surface area contributed by atoms with Gasteiger partial charge in [0.1, 0.15) is 4.99 Å². The Morgan fingerprint density at radius 2 is 1.85 bits per heavy atom. The van der Waals surface area contributed by atoms with Crippen LogP contribution in [0, 0.1) is 6.92 Å². The smallest absolute Gasteiger partial charge is 0.255 e. The molecule has 2 rings (SSSR count). The molecule has 3 N–H and O–H groups in total. The number of carbonyl (C=O) groups excluding carboxylic acids is 1. The second-order valence-corrected chi connectivity index (χ2v) is 5.71. The lowest BCUT2D eigenvalue weighted by Crippen LogP contribution is -2.14. The molecule has 102 valence electrons. The summed E-state index contributed by atoms with van der Waals surface area (Å²) in [4.78, 5) is 12.5. The molecule has 0 fully saturated rings. The van der Waals surface area contributed by atoms with Gasteiger partial charge in [-0.25, -0.2) is 0 Å². The summed E-state index contributed by atoms with van der Waals surface area (Å²) < 4.78 is 0.951. The van der Waals surface area contributed by atoms with Gasteiger partial charge >= 0.3 is 0 Å². The number of rotatable bonds is 3. The Labute approximate surface area is 131 Å². The monoisotopic (exact) mass is 348 g/mol. The first-order chi connectivity index (χ1) is 9.47. The average Bonchev–Trinajstić information content (AvgIpc) is 2.39. The number of hydrogen-bond donors (Lipinski definition) is 2. The SMILES string of the molecule is Cc1cc(Br)ccc1C(=O)Nc1ccc(C(N)=S)cc1. The molecule has 1 amide bonds. The molecular weight excluding hydrogens is 336 g/mol. The number of anilines is 1. The van der Waals surface area contributed by atoms with E-state index in [1.807, 2.05) is 19.1 Å². The Kier molecular flexibility index (Phi) is 4.52. The maximum absolute atomic E-state index is 12.2. The van der Waals surface area contributed by atoms with Crippen molar-refractivity contribution in [2.45, 2.75) is 6.92 Å². The highest BCUT2D eigenvalue weighted by atomic mass is 79.9. The van der Waals surface area contributed by atoms with Crippen LogP contribution < -0.4 is 11.1 Å². The van der Waals surface area contributed by atoms with Crippen molar-refractivity contribution in [1.82, 2.24) is 0 Å². The first-order valence-corrected chi connectivity index (χ1v) is 7.15. The number of benzene rings is 2. The predicted octanol–water partition coefficient (Wildman–Crippen LogP) is 3.64. The van der Waals surface area contributed by atoms with Crippen molar-refractivity contribution in [3.63, 3.8) is 0 Å². The van der Waals surface area contributed by atoms with E-state index >= 15 is 0 Å². The maximum atomic E-state index is 12.2. The molecule has 0 aliphatic heterocycles. The molecular formula is C15H13BrN2OS. The second-order valence-electron chi connectivity index (χ2n) is 4.35. The van der Waals surface area contributed by atoms with Crippen LogP contribution >= 0.6 is 28.1 Å². The minimum atomic E-state index is -0.141. The zero-order valence-corrected chi connectivity index (χ0v) is 13.2. The fourth-order valence-corrected chi connectivity index (χ4v) is 2.41. The average molecular weight is 349 g/mol. The summed E-state index contributed by atoms with van der Waals surface area (Å²) in [7, 11) is 0. The molecule has 20 heavy (non-hydrogen) atoms. The largest absolute Gasteiger partial charge is 0.389 e.